The van der Waals surface area contributed by atoms with Gasteiger partial charge in [-0.2, -0.15) is 0 Å². The minimum atomic E-state index is -0.129. The Morgan fingerprint density at radius 2 is 2.00 bits per heavy atom. The summed E-state index contributed by atoms with van der Waals surface area (Å²) in [4.78, 5) is 22.0. The molecule has 3 rings (SSSR count). The molecule has 0 fully saturated rings. The highest BCUT2D eigenvalue weighted by atomic mass is 16.3. The highest BCUT2D eigenvalue weighted by molar-refractivity contribution is 5.97. The van der Waals surface area contributed by atoms with E-state index in [4.69, 9.17) is 4.42 Å². The Labute approximate surface area is 134 Å². The molecule has 0 aliphatic heterocycles. The molecule has 1 aromatic carbocycles. The second-order valence-corrected chi connectivity index (χ2v) is 5.62. The molecule has 0 saturated carbocycles. The van der Waals surface area contributed by atoms with E-state index in [2.05, 4.69) is 15.3 Å². The van der Waals surface area contributed by atoms with Gasteiger partial charge in [0.2, 0.25) is 0 Å². The van der Waals surface area contributed by atoms with Crippen LogP contribution in [-0.2, 0) is 0 Å². The van der Waals surface area contributed by atoms with E-state index in [1.54, 1.807) is 36.9 Å². The van der Waals surface area contributed by atoms with E-state index in [-0.39, 0.29) is 11.9 Å². The molecule has 3 aromatic rings. The SMILES string of the molecule is C[NH+](C)[C@H](CNC(=O)c1ccc2nccnc2c1)c1ccco1. The van der Waals surface area contributed by atoms with Crippen molar-refractivity contribution in [2.24, 2.45) is 0 Å². The van der Waals surface area contributed by atoms with Crippen LogP contribution in [0, 0.1) is 0 Å². The van der Waals surface area contributed by atoms with Gasteiger partial charge in [0.15, 0.2) is 11.8 Å². The van der Waals surface area contributed by atoms with Gasteiger partial charge in [0.05, 0.1) is 37.9 Å². The Hall–Kier alpha value is -2.73. The van der Waals surface area contributed by atoms with Crippen LogP contribution in [0.25, 0.3) is 11.0 Å². The summed E-state index contributed by atoms with van der Waals surface area (Å²) in [5.74, 6) is 0.727. The zero-order valence-corrected chi connectivity index (χ0v) is 13.1. The van der Waals surface area contributed by atoms with Crippen molar-refractivity contribution < 1.29 is 14.1 Å². The van der Waals surface area contributed by atoms with Crippen LogP contribution in [0.1, 0.15) is 22.2 Å². The first kappa shape index (κ1) is 15.2. The molecule has 0 radical (unpaired) electrons. The second-order valence-electron chi connectivity index (χ2n) is 5.62. The van der Waals surface area contributed by atoms with Crippen molar-refractivity contribution >= 4 is 16.9 Å². The number of aromatic nitrogens is 2. The third-order valence-corrected chi connectivity index (χ3v) is 3.78. The van der Waals surface area contributed by atoms with Gasteiger partial charge in [-0.15, -0.1) is 0 Å². The maximum atomic E-state index is 12.4. The van der Waals surface area contributed by atoms with Crippen LogP contribution in [0.5, 0.6) is 0 Å². The van der Waals surface area contributed by atoms with Crippen LogP contribution in [0.3, 0.4) is 0 Å². The Kier molecular flexibility index (Phi) is 4.34. The fraction of sp³-hybridized carbons (Fsp3) is 0.235. The molecule has 0 aliphatic rings. The number of amides is 1. The highest BCUT2D eigenvalue weighted by Crippen LogP contribution is 2.12. The predicted molar refractivity (Wildman–Crippen MR) is 86.1 cm³/mol. The van der Waals surface area contributed by atoms with Crippen LogP contribution in [0.4, 0.5) is 0 Å². The van der Waals surface area contributed by atoms with E-state index >= 15 is 0 Å². The van der Waals surface area contributed by atoms with Gasteiger partial charge < -0.3 is 14.6 Å². The molecule has 6 nitrogen and oxygen atoms in total. The van der Waals surface area contributed by atoms with Crippen molar-refractivity contribution in [3.8, 4) is 0 Å². The lowest BCUT2D eigenvalue weighted by atomic mass is 10.1. The molecule has 0 saturated heterocycles. The first-order chi connectivity index (χ1) is 11.1. The maximum absolute atomic E-state index is 12.4. The molecule has 2 aromatic heterocycles. The summed E-state index contributed by atoms with van der Waals surface area (Å²) < 4.78 is 5.46. The lowest BCUT2D eigenvalue weighted by molar-refractivity contribution is -0.891. The lowest BCUT2D eigenvalue weighted by Crippen LogP contribution is -3.07. The van der Waals surface area contributed by atoms with Crippen molar-refractivity contribution in [2.45, 2.75) is 6.04 Å². The first-order valence-electron chi connectivity index (χ1n) is 7.47. The fourth-order valence-electron chi connectivity index (χ4n) is 2.48. The van der Waals surface area contributed by atoms with E-state index in [0.29, 0.717) is 17.6 Å². The molecule has 1 amide bonds. The number of hydrogen-bond donors (Lipinski definition) is 2. The van der Waals surface area contributed by atoms with Gasteiger partial charge in [0.1, 0.15) is 0 Å². The molecule has 6 heteroatoms. The molecule has 1 atom stereocenters. The number of carbonyl (C=O) groups excluding carboxylic acids is 1. The molecule has 118 valence electrons. The zero-order valence-electron chi connectivity index (χ0n) is 13.1. The number of benzene rings is 1. The number of hydrogen-bond acceptors (Lipinski definition) is 4. The van der Waals surface area contributed by atoms with E-state index in [9.17, 15) is 4.79 Å². The molecule has 0 bridgehead atoms. The zero-order chi connectivity index (χ0) is 16.2. The molecular formula is C17H19N4O2+. The molecule has 0 spiro atoms. The summed E-state index contributed by atoms with van der Waals surface area (Å²) in [6, 6.07) is 9.16. The molecule has 2 N–H and O–H groups in total. The summed E-state index contributed by atoms with van der Waals surface area (Å²) in [7, 11) is 4.07. The maximum Gasteiger partial charge on any atom is 0.251 e. The van der Waals surface area contributed by atoms with Gasteiger partial charge in [-0.1, -0.05) is 0 Å². The minimum Gasteiger partial charge on any atom is -0.463 e. The van der Waals surface area contributed by atoms with Crippen molar-refractivity contribution in [1.82, 2.24) is 15.3 Å². The summed E-state index contributed by atoms with van der Waals surface area (Å²) in [5.41, 5.74) is 2.06. The van der Waals surface area contributed by atoms with Crippen molar-refractivity contribution in [2.75, 3.05) is 20.6 Å². The Bertz CT molecular complexity index is 799. The Balaban J connectivity index is 1.72. The number of nitrogens with zero attached hydrogens (tertiary/aromatic N) is 2. The van der Waals surface area contributed by atoms with Gasteiger partial charge in [-0.25, -0.2) is 0 Å². The molecule has 0 aliphatic carbocycles. The van der Waals surface area contributed by atoms with Crippen LogP contribution in [-0.4, -0.2) is 36.5 Å². The van der Waals surface area contributed by atoms with Gasteiger partial charge in [0, 0.05) is 18.0 Å². The number of furan rings is 1. The third-order valence-electron chi connectivity index (χ3n) is 3.78. The van der Waals surface area contributed by atoms with E-state index in [1.807, 2.05) is 26.2 Å². The van der Waals surface area contributed by atoms with Crippen molar-refractivity contribution in [3.05, 3.63) is 60.3 Å². The average molecular weight is 311 g/mol. The monoisotopic (exact) mass is 311 g/mol. The fourth-order valence-corrected chi connectivity index (χ4v) is 2.48. The molecule has 2 heterocycles. The van der Waals surface area contributed by atoms with E-state index in [1.165, 1.54) is 4.90 Å². The minimum absolute atomic E-state index is 0.0641. The number of quaternary nitrogens is 1. The van der Waals surface area contributed by atoms with Crippen LogP contribution < -0.4 is 10.2 Å². The van der Waals surface area contributed by atoms with Crippen LogP contribution in [0.15, 0.2) is 53.4 Å². The number of nitrogens with one attached hydrogen (secondary N) is 2. The van der Waals surface area contributed by atoms with Crippen molar-refractivity contribution in [1.29, 1.82) is 0 Å². The number of carbonyl (C=O) groups is 1. The second kappa shape index (κ2) is 6.58. The molecule has 0 unspecified atom stereocenters. The standard InChI is InChI=1S/C17H18N4O2/c1-21(2)15(16-4-3-9-23-16)11-20-17(22)12-5-6-13-14(10-12)19-8-7-18-13/h3-10,15H,11H2,1-2H3,(H,20,22)/p+1/t15-/m1/s1. The number of likely N-dealkylation sites (N-methyl/N-ethyl adjacent to an activating group) is 1. The van der Waals surface area contributed by atoms with E-state index < -0.39 is 0 Å². The third kappa shape index (κ3) is 3.37. The van der Waals surface area contributed by atoms with Gasteiger partial charge in [-0.3, -0.25) is 14.8 Å². The quantitative estimate of drug-likeness (QED) is 0.732. The normalized spacial score (nSPS) is 12.5. The summed E-state index contributed by atoms with van der Waals surface area (Å²) in [6.07, 6.45) is 4.90. The van der Waals surface area contributed by atoms with Gasteiger partial charge >= 0.3 is 0 Å². The smallest absolute Gasteiger partial charge is 0.251 e. The lowest BCUT2D eigenvalue weighted by Gasteiger charge is -2.19. The van der Waals surface area contributed by atoms with Crippen LogP contribution in [0.2, 0.25) is 0 Å². The first-order valence-corrected chi connectivity index (χ1v) is 7.47. The van der Waals surface area contributed by atoms with Gasteiger partial charge in [-0.05, 0) is 30.3 Å². The Morgan fingerprint density at radius 3 is 2.70 bits per heavy atom. The highest BCUT2D eigenvalue weighted by Gasteiger charge is 2.21. The van der Waals surface area contributed by atoms with Crippen molar-refractivity contribution in [3.63, 3.8) is 0 Å². The number of rotatable bonds is 5. The van der Waals surface area contributed by atoms with Crippen LogP contribution >= 0.6 is 0 Å². The molecular weight excluding hydrogens is 292 g/mol. The topological polar surface area (TPSA) is 72.5 Å². The average Bonchev–Trinajstić information content (AvgIpc) is 3.08. The number of fused-ring (bicyclic) bond motifs is 1. The van der Waals surface area contributed by atoms with E-state index in [0.717, 1.165) is 11.3 Å². The Morgan fingerprint density at radius 1 is 1.22 bits per heavy atom. The predicted octanol–water partition coefficient (Wildman–Crippen LogP) is 0.838. The molecule has 23 heavy (non-hydrogen) atoms. The largest absolute Gasteiger partial charge is 0.463 e. The summed E-state index contributed by atoms with van der Waals surface area (Å²) in [6.45, 7) is 0.493. The summed E-state index contributed by atoms with van der Waals surface area (Å²) in [5, 5.41) is 2.97. The summed E-state index contributed by atoms with van der Waals surface area (Å²) >= 11 is 0. The van der Waals surface area contributed by atoms with Gasteiger partial charge in [0.25, 0.3) is 5.91 Å².